The molecule has 0 unspecified atom stereocenters. The van der Waals surface area contributed by atoms with Crippen molar-refractivity contribution in [3.63, 3.8) is 0 Å². The Bertz CT molecular complexity index is 596. The molecule has 1 heterocycles. The standard InChI is InChI=1S/C16H17NO4/c1-2-13-9-12(5-3-4-8-18)6-7-14(13)17-15(19)10-21-11-16(17)20/h6-7,9,18H,2,4,8,10-11H2,1H3. The first-order valence-corrected chi connectivity index (χ1v) is 6.83. The second-order valence-corrected chi connectivity index (χ2v) is 4.59. The first-order chi connectivity index (χ1) is 10.2. The number of imide groups is 1. The number of anilines is 1. The summed E-state index contributed by atoms with van der Waals surface area (Å²) in [5.41, 5.74) is 2.29. The van der Waals surface area contributed by atoms with Gasteiger partial charge in [-0.3, -0.25) is 9.59 Å². The maximum absolute atomic E-state index is 11.9. The van der Waals surface area contributed by atoms with Gasteiger partial charge >= 0.3 is 0 Å². The van der Waals surface area contributed by atoms with Crippen LogP contribution in [0, 0.1) is 11.8 Å². The minimum absolute atomic E-state index is 0.0303. The molecule has 0 bridgehead atoms. The molecule has 1 aromatic carbocycles. The summed E-state index contributed by atoms with van der Waals surface area (Å²) >= 11 is 0. The normalized spacial score (nSPS) is 14.9. The molecule has 21 heavy (non-hydrogen) atoms. The Morgan fingerprint density at radius 3 is 2.62 bits per heavy atom. The molecule has 5 heteroatoms. The molecule has 1 fully saturated rings. The summed E-state index contributed by atoms with van der Waals surface area (Å²) in [5.74, 6) is 5.11. The zero-order valence-electron chi connectivity index (χ0n) is 11.9. The zero-order chi connectivity index (χ0) is 15.2. The molecule has 0 aromatic heterocycles. The van der Waals surface area contributed by atoms with Gasteiger partial charge in [0, 0.05) is 12.0 Å². The Balaban J connectivity index is 2.34. The van der Waals surface area contributed by atoms with Gasteiger partial charge in [0.2, 0.25) is 0 Å². The van der Waals surface area contributed by atoms with Crippen LogP contribution in [0.4, 0.5) is 5.69 Å². The van der Waals surface area contributed by atoms with Crippen molar-refractivity contribution in [3.8, 4) is 11.8 Å². The maximum atomic E-state index is 11.9. The van der Waals surface area contributed by atoms with E-state index in [0.29, 0.717) is 18.5 Å². The Morgan fingerprint density at radius 2 is 2.00 bits per heavy atom. The van der Waals surface area contributed by atoms with Gasteiger partial charge in [0.25, 0.3) is 11.8 Å². The molecule has 1 aliphatic heterocycles. The molecular weight excluding hydrogens is 270 g/mol. The maximum Gasteiger partial charge on any atom is 0.259 e. The summed E-state index contributed by atoms with van der Waals surface area (Å²) in [6, 6.07) is 5.38. The predicted molar refractivity (Wildman–Crippen MR) is 77.7 cm³/mol. The molecule has 0 radical (unpaired) electrons. The minimum Gasteiger partial charge on any atom is -0.395 e. The third kappa shape index (κ3) is 3.48. The third-order valence-electron chi connectivity index (χ3n) is 3.12. The Kier molecular flexibility index (Phi) is 5.09. The van der Waals surface area contributed by atoms with Crippen LogP contribution in [0.5, 0.6) is 0 Å². The fourth-order valence-electron chi connectivity index (χ4n) is 2.15. The van der Waals surface area contributed by atoms with Gasteiger partial charge < -0.3 is 9.84 Å². The number of benzene rings is 1. The van der Waals surface area contributed by atoms with Crippen molar-refractivity contribution < 1.29 is 19.4 Å². The molecule has 1 aromatic rings. The predicted octanol–water partition coefficient (Wildman–Crippen LogP) is 0.873. The Labute approximate surface area is 123 Å². The highest BCUT2D eigenvalue weighted by Gasteiger charge is 2.29. The van der Waals surface area contributed by atoms with Crippen molar-refractivity contribution in [1.29, 1.82) is 0 Å². The molecule has 1 N–H and O–H groups in total. The molecule has 110 valence electrons. The van der Waals surface area contributed by atoms with Crippen LogP contribution in [0.25, 0.3) is 0 Å². The van der Waals surface area contributed by atoms with Gasteiger partial charge in [-0.1, -0.05) is 18.8 Å². The van der Waals surface area contributed by atoms with Gasteiger partial charge in [-0.05, 0) is 30.2 Å². The summed E-state index contributed by atoms with van der Waals surface area (Å²) in [6.45, 7) is 1.83. The number of rotatable bonds is 3. The fraction of sp³-hybridized carbons (Fsp3) is 0.375. The summed E-state index contributed by atoms with van der Waals surface area (Å²) < 4.78 is 4.92. The number of morpholine rings is 1. The largest absolute Gasteiger partial charge is 0.395 e. The lowest BCUT2D eigenvalue weighted by molar-refractivity contribution is -0.138. The Morgan fingerprint density at radius 1 is 1.29 bits per heavy atom. The number of hydrogen-bond acceptors (Lipinski definition) is 4. The highest BCUT2D eigenvalue weighted by molar-refractivity contribution is 6.17. The highest BCUT2D eigenvalue weighted by Crippen LogP contribution is 2.24. The number of amides is 2. The summed E-state index contributed by atoms with van der Waals surface area (Å²) in [4.78, 5) is 25.0. The average Bonchev–Trinajstić information content (AvgIpc) is 2.48. The molecular formula is C16H17NO4. The van der Waals surface area contributed by atoms with E-state index in [1.807, 2.05) is 13.0 Å². The molecule has 0 spiro atoms. The van der Waals surface area contributed by atoms with E-state index < -0.39 is 0 Å². The van der Waals surface area contributed by atoms with Gasteiger partial charge in [-0.2, -0.15) is 0 Å². The van der Waals surface area contributed by atoms with Crippen molar-refractivity contribution >= 4 is 17.5 Å². The van der Waals surface area contributed by atoms with E-state index in [-0.39, 0.29) is 31.6 Å². The molecule has 0 saturated carbocycles. The minimum atomic E-state index is -0.347. The van der Waals surface area contributed by atoms with E-state index in [9.17, 15) is 9.59 Å². The van der Waals surface area contributed by atoms with Crippen molar-refractivity contribution in [3.05, 3.63) is 29.3 Å². The number of aliphatic hydroxyl groups excluding tert-OH is 1. The number of nitrogens with zero attached hydrogens (tertiary/aromatic N) is 1. The molecule has 0 aliphatic carbocycles. The molecule has 0 atom stereocenters. The number of ether oxygens (including phenoxy) is 1. The van der Waals surface area contributed by atoms with Crippen molar-refractivity contribution in [2.24, 2.45) is 0 Å². The van der Waals surface area contributed by atoms with Gasteiger partial charge in [0.15, 0.2) is 0 Å². The lowest BCUT2D eigenvalue weighted by atomic mass is 10.0. The second kappa shape index (κ2) is 7.02. The monoisotopic (exact) mass is 287 g/mol. The molecule has 1 aliphatic rings. The topological polar surface area (TPSA) is 66.8 Å². The molecule has 5 nitrogen and oxygen atoms in total. The smallest absolute Gasteiger partial charge is 0.259 e. The number of aliphatic hydroxyl groups is 1. The zero-order valence-corrected chi connectivity index (χ0v) is 11.9. The number of carbonyl (C=O) groups is 2. The molecule has 2 amide bonds. The van der Waals surface area contributed by atoms with E-state index in [0.717, 1.165) is 11.1 Å². The second-order valence-electron chi connectivity index (χ2n) is 4.59. The van der Waals surface area contributed by atoms with Crippen LogP contribution >= 0.6 is 0 Å². The van der Waals surface area contributed by atoms with Crippen LogP contribution in [-0.2, 0) is 20.7 Å². The lowest BCUT2D eigenvalue weighted by Gasteiger charge is -2.26. The van der Waals surface area contributed by atoms with Gasteiger partial charge in [0.1, 0.15) is 13.2 Å². The van der Waals surface area contributed by atoms with Crippen LogP contribution in [0.3, 0.4) is 0 Å². The SMILES string of the molecule is CCc1cc(C#CCCO)ccc1N1C(=O)COCC1=O. The first-order valence-electron chi connectivity index (χ1n) is 6.83. The van der Waals surface area contributed by atoms with E-state index in [2.05, 4.69) is 11.8 Å². The number of hydrogen-bond donors (Lipinski definition) is 1. The lowest BCUT2D eigenvalue weighted by Crippen LogP contribution is -2.46. The number of carbonyl (C=O) groups excluding carboxylic acids is 2. The van der Waals surface area contributed by atoms with Gasteiger partial charge in [-0.25, -0.2) is 4.90 Å². The Hall–Kier alpha value is -2.16. The van der Waals surface area contributed by atoms with E-state index in [4.69, 9.17) is 9.84 Å². The van der Waals surface area contributed by atoms with Crippen LogP contribution < -0.4 is 4.90 Å². The van der Waals surface area contributed by atoms with Gasteiger partial charge in [-0.15, -0.1) is 0 Å². The van der Waals surface area contributed by atoms with E-state index in [1.165, 1.54) is 4.90 Å². The average molecular weight is 287 g/mol. The fourth-order valence-corrected chi connectivity index (χ4v) is 2.15. The van der Waals surface area contributed by atoms with Crippen molar-refractivity contribution in [2.75, 3.05) is 24.7 Å². The summed E-state index contributed by atoms with van der Waals surface area (Å²) in [7, 11) is 0. The summed E-state index contributed by atoms with van der Waals surface area (Å²) in [5, 5.41) is 8.72. The molecule has 2 rings (SSSR count). The molecule has 1 saturated heterocycles. The van der Waals surface area contributed by atoms with E-state index >= 15 is 0 Å². The van der Waals surface area contributed by atoms with Crippen molar-refractivity contribution in [2.45, 2.75) is 19.8 Å². The third-order valence-corrected chi connectivity index (χ3v) is 3.12. The van der Waals surface area contributed by atoms with Crippen LogP contribution in [0.2, 0.25) is 0 Å². The first kappa shape index (κ1) is 15.2. The van der Waals surface area contributed by atoms with Gasteiger partial charge in [0.05, 0.1) is 12.3 Å². The summed E-state index contributed by atoms with van der Waals surface area (Å²) in [6.07, 6.45) is 1.10. The van der Waals surface area contributed by atoms with Crippen molar-refractivity contribution in [1.82, 2.24) is 0 Å². The van der Waals surface area contributed by atoms with Crippen LogP contribution in [0.1, 0.15) is 24.5 Å². The van der Waals surface area contributed by atoms with Crippen LogP contribution in [0.15, 0.2) is 18.2 Å². The quantitative estimate of drug-likeness (QED) is 0.662. The highest BCUT2D eigenvalue weighted by atomic mass is 16.5. The number of aryl methyl sites for hydroxylation is 1. The van der Waals surface area contributed by atoms with E-state index in [1.54, 1.807) is 12.1 Å². The van der Waals surface area contributed by atoms with Crippen LogP contribution in [-0.4, -0.2) is 36.7 Å².